The van der Waals surface area contributed by atoms with Crippen LogP contribution in [0.2, 0.25) is 0 Å². The topological polar surface area (TPSA) is 75.0 Å². The lowest BCUT2D eigenvalue weighted by molar-refractivity contribution is -0.587. The Balaban J connectivity index is 2.94. The Morgan fingerprint density at radius 2 is 1.95 bits per heavy atom. The summed E-state index contributed by atoms with van der Waals surface area (Å²) in [5.74, 6) is 0.208. The SMILES string of the molecule is CCCn1c(CC)[n+]([O-])c2cc(C(F)(F)F)cc([N+](=O)[O-])c21. The molecule has 22 heavy (non-hydrogen) atoms. The number of benzene rings is 1. The molecule has 2 aromatic rings. The molecule has 9 heteroatoms. The standard InChI is InChI=1S/C13H14F3N3O3/c1-3-5-17-11(4-2)18(20)9-6-8(13(14,15)16)7-10(12(9)17)19(21)22/h6-7H,3-5H2,1-2H3. The first-order valence-electron chi connectivity index (χ1n) is 6.72. The molecule has 0 bridgehead atoms. The Bertz CT molecular complexity index is 738. The molecule has 1 aromatic carbocycles. The van der Waals surface area contributed by atoms with Crippen LogP contribution in [0.1, 0.15) is 31.7 Å². The number of imidazole rings is 1. The van der Waals surface area contributed by atoms with Gasteiger partial charge in [0.15, 0.2) is 5.52 Å². The number of nitrogens with zero attached hydrogens (tertiary/aromatic N) is 3. The van der Waals surface area contributed by atoms with Crippen LogP contribution in [0.4, 0.5) is 18.9 Å². The van der Waals surface area contributed by atoms with Crippen molar-refractivity contribution in [2.75, 3.05) is 0 Å². The molecule has 0 atom stereocenters. The number of hydrogen-bond acceptors (Lipinski definition) is 3. The van der Waals surface area contributed by atoms with E-state index in [9.17, 15) is 28.5 Å². The molecule has 0 N–H and O–H groups in total. The molecule has 0 spiro atoms. The maximum atomic E-state index is 12.9. The molecule has 0 radical (unpaired) electrons. The molecule has 0 aliphatic rings. The van der Waals surface area contributed by atoms with Crippen molar-refractivity contribution in [3.63, 3.8) is 0 Å². The molecule has 6 nitrogen and oxygen atoms in total. The van der Waals surface area contributed by atoms with E-state index in [2.05, 4.69) is 0 Å². The van der Waals surface area contributed by atoms with E-state index < -0.39 is 22.4 Å². The van der Waals surface area contributed by atoms with Crippen molar-refractivity contribution in [3.05, 3.63) is 38.8 Å². The molecule has 0 fully saturated rings. The fourth-order valence-electron chi connectivity index (χ4n) is 2.52. The fraction of sp³-hybridized carbons (Fsp3) is 0.462. The Labute approximate surface area is 123 Å². The molecular formula is C13H14F3N3O3. The van der Waals surface area contributed by atoms with E-state index in [0.717, 1.165) is 0 Å². The van der Waals surface area contributed by atoms with Crippen LogP contribution in [0, 0.1) is 15.3 Å². The third kappa shape index (κ3) is 2.46. The minimum Gasteiger partial charge on any atom is -0.710 e. The van der Waals surface area contributed by atoms with Crippen LogP contribution in [-0.2, 0) is 19.1 Å². The molecule has 2 rings (SSSR count). The van der Waals surface area contributed by atoms with Gasteiger partial charge < -0.3 is 5.21 Å². The summed E-state index contributed by atoms with van der Waals surface area (Å²) in [6.45, 7) is 3.81. The molecule has 0 aliphatic heterocycles. The summed E-state index contributed by atoms with van der Waals surface area (Å²) >= 11 is 0. The van der Waals surface area contributed by atoms with Crippen LogP contribution in [-0.4, -0.2) is 9.49 Å². The van der Waals surface area contributed by atoms with Gasteiger partial charge in [0.25, 0.3) is 11.3 Å². The minimum absolute atomic E-state index is 0.0632. The number of non-ortho nitro benzene ring substituents is 1. The molecule has 0 aliphatic carbocycles. The van der Waals surface area contributed by atoms with Crippen LogP contribution < -0.4 is 4.73 Å². The van der Waals surface area contributed by atoms with Gasteiger partial charge in [0.05, 0.1) is 17.0 Å². The molecule has 0 unspecified atom stereocenters. The summed E-state index contributed by atoms with van der Waals surface area (Å²) in [4.78, 5) is 10.3. The van der Waals surface area contributed by atoms with Gasteiger partial charge in [0.2, 0.25) is 0 Å². The van der Waals surface area contributed by atoms with Gasteiger partial charge in [-0.25, -0.2) is 9.30 Å². The zero-order valence-corrected chi connectivity index (χ0v) is 12.0. The summed E-state index contributed by atoms with van der Waals surface area (Å²) in [7, 11) is 0. The first kappa shape index (κ1) is 16.1. The molecule has 120 valence electrons. The molecule has 0 saturated carbocycles. The first-order chi connectivity index (χ1) is 10.2. The zero-order chi connectivity index (χ0) is 16.7. The van der Waals surface area contributed by atoms with E-state index in [1.807, 2.05) is 6.92 Å². The highest BCUT2D eigenvalue weighted by molar-refractivity contribution is 5.84. The van der Waals surface area contributed by atoms with Crippen LogP contribution in [0.25, 0.3) is 11.0 Å². The van der Waals surface area contributed by atoms with Gasteiger partial charge in [-0.2, -0.15) is 13.2 Å². The molecule has 1 aromatic heterocycles. The van der Waals surface area contributed by atoms with Crippen LogP contribution >= 0.6 is 0 Å². The number of rotatable bonds is 4. The number of alkyl halides is 3. The van der Waals surface area contributed by atoms with Crippen molar-refractivity contribution in [1.29, 1.82) is 0 Å². The van der Waals surface area contributed by atoms with Gasteiger partial charge in [0.1, 0.15) is 0 Å². The van der Waals surface area contributed by atoms with Crippen molar-refractivity contribution in [2.45, 2.75) is 39.4 Å². The summed E-state index contributed by atoms with van der Waals surface area (Å²) in [5.41, 5.74) is -2.30. The molecule has 0 amide bonds. The van der Waals surface area contributed by atoms with Crippen molar-refractivity contribution >= 4 is 16.7 Å². The third-order valence-electron chi connectivity index (χ3n) is 3.39. The highest BCUT2D eigenvalue weighted by Gasteiger charge is 2.37. The monoisotopic (exact) mass is 317 g/mol. The second kappa shape index (κ2) is 5.47. The number of aromatic nitrogens is 2. The van der Waals surface area contributed by atoms with E-state index in [4.69, 9.17) is 0 Å². The number of aryl methyl sites for hydroxylation is 1. The second-order valence-electron chi connectivity index (χ2n) is 4.83. The van der Waals surface area contributed by atoms with E-state index >= 15 is 0 Å². The van der Waals surface area contributed by atoms with Gasteiger partial charge >= 0.3 is 11.9 Å². The van der Waals surface area contributed by atoms with E-state index in [1.165, 1.54) is 4.57 Å². The number of hydrogen-bond donors (Lipinski definition) is 0. The average Bonchev–Trinajstić information content (AvgIpc) is 2.70. The van der Waals surface area contributed by atoms with Crippen molar-refractivity contribution in [3.8, 4) is 0 Å². The normalized spacial score (nSPS) is 12.0. The molecule has 1 heterocycles. The highest BCUT2D eigenvalue weighted by Crippen LogP contribution is 2.36. The van der Waals surface area contributed by atoms with Gasteiger partial charge in [0, 0.05) is 18.6 Å². The summed E-state index contributed by atoms with van der Waals surface area (Å²) in [6.07, 6.45) is -3.91. The second-order valence-corrected chi connectivity index (χ2v) is 4.83. The maximum absolute atomic E-state index is 12.9. The Morgan fingerprint density at radius 3 is 2.41 bits per heavy atom. The lowest BCUT2D eigenvalue weighted by Gasteiger charge is -2.06. The zero-order valence-electron chi connectivity index (χ0n) is 12.0. The summed E-state index contributed by atoms with van der Waals surface area (Å²) in [6, 6.07) is 1.15. The average molecular weight is 317 g/mol. The smallest absolute Gasteiger partial charge is 0.416 e. The largest absolute Gasteiger partial charge is 0.710 e. The first-order valence-corrected chi connectivity index (χ1v) is 6.72. The van der Waals surface area contributed by atoms with Gasteiger partial charge in [-0.3, -0.25) is 10.1 Å². The summed E-state index contributed by atoms with van der Waals surface area (Å²) < 4.78 is 40.4. The van der Waals surface area contributed by atoms with Gasteiger partial charge in [-0.05, 0) is 6.42 Å². The highest BCUT2D eigenvalue weighted by atomic mass is 19.4. The number of halogens is 3. The van der Waals surface area contributed by atoms with E-state index in [1.54, 1.807) is 6.92 Å². The van der Waals surface area contributed by atoms with Gasteiger partial charge in [-0.1, -0.05) is 13.8 Å². The quantitative estimate of drug-likeness (QED) is 0.376. The van der Waals surface area contributed by atoms with Crippen LogP contribution in [0.5, 0.6) is 0 Å². The number of nitro groups is 1. The lowest BCUT2D eigenvalue weighted by Crippen LogP contribution is -2.31. The predicted octanol–water partition coefficient (Wildman–Crippen LogP) is 3.17. The lowest BCUT2D eigenvalue weighted by atomic mass is 10.1. The van der Waals surface area contributed by atoms with Crippen LogP contribution in [0.3, 0.4) is 0 Å². The van der Waals surface area contributed by atoms with Crippen molar-refractivity contribution in [2.24, 2.45) is 0 Å². The Kier molecular flexibility index (Phi) is 3.99. The summed E-state index contributed by atoms with van der Waals surface area (Å²) in [5, 5.41) is 23.4. The minimum atomic E-state index is -4.76. The van der Waals surface area contributed by atoms with Crippen molar-refractivity contribution in [1.82, 2.24) is 4.57 Å². The number of fused-ring (bicyclic) bond motifs is 1. The Morgan fingerprint density at radius 1 is 1.32 bits per heavy atom. The third-order valence-corrected chi connectivity index (χ3v) is 3.39. The fourth-order valence-corrected chi connectivity index (χ4v) is 2.52. The van der Waals surface area contributed by atoms with E-state index in [0.29, 0.717) is 29.8 Å². The van der Waals surface area contributed by atoms with Crippen LogP contribution in [0.15, 0.2) is 12.1 Å². The predicted molar refractivity (Wildman–Crippen MR) is 72.2 cm³/mol. The van der Waals surface area contributed by atoms with E-state index in [-0.39, 0.29) is 23.3 Å². The van der Waals surface area contributed by atoms with Gasteiger partial charge in [-0.15, -0.1) is 0 Å². The molecule has 0 saturated heterocycles. The Hall–Kier alpha value is -2.32. The maximum Gasteiger partial charge on any atom is 0.416 e. The van der Waals surface area contributed by atoms with Crippen molar-refractivity contribution < 1.29 is 22.8 Å². The number of nitro benzene ring substituents is 1. The molecular weight excluding hydrogens is 303 g/mol.